The van der Waals surface area contributed by atoms with Crippen molar-refractivity contribution in [2.45, 2.75) is 45.0 Å². The van der Waals surface area contributed by atoms with Crippen molar-refractivity contribution in [1.82, 2.24) is 0 Å². The number of aliphatic hydroxyl groups is 1. The Balaban J connectivity index is 2.08. The van der Waals surface area contributed by atoms with Gasteiger partial charge in [0.05, 0.1) is 31.3 Å². The fourth-order valence-electron chi connectivity index (χ4n) is 2.71. The molecule has 98 valence electrons. The first kappa shape index (κ1) is 12.8. The summed E-state index contributed by atoms with van der Waals surface area (Å²) in [6, 6.07) is 0. The second-order valence-corrected chi connectivity index (χ2v) is 4.66. The summed E-state index contributed by atoms with van der Waals surface area (Å²) in [4.78, 5) is 12.1. The zero-order valence-corrected chi connectivity index (χ0v) is 10.2. The standard InChI is InChI=1S/C12H20O5/c1-2-15-11(14)12(5-3-4-9(12)13)8-10-16-6-7-17-10/h9-10,13H,2-8H2,1H3/t9-,12-/m0/s1. The third-order valence-corrected chi connectivity index (χ3v) is 3.64. The lowest BCUT2D eigenvalue weighted by Crippen LogP contribution is -2.42. The van der Waals surface area contributed by atoms with Crippen LogP contribution in [0.5, 0.6) is 0 Å². The van der Waals surface area contributed by atoms with Crippen molar-refractivity contribution in [1.29, 1.82) is 0 Å². The van der Waals surface area contributed by atoms with Crippen molar-refractivity contribution >= 4 is 5.97 Å². The Morgan fingerprint density at radius 1 is 1.47 bits per heavy atom. The molecule has 17 heavy (non-hydrogen) atoms. The molecule has 0 unspecified atom stereocenters. The van der Waals surface area contributed by atoms with E-state index in [0.717, 1.165) is 6.42 Å². The molecule has 2 atom stereocenters. The normalized spacial score (nSPS) is 34.1. The minimum absolute atomic E-state index is 0.316. The molecule has 0 aromatic rings. The van der Waals surface area contributed by atoms with Gasteiger partial charge in [0, 0.05) is 6.42 Å². The maximum Gasteiger partial charge on any atom is 0.314 e. The number of ether oxygens (including phenoxy) is 3. The summed E-state index contributed by atoms with van der Waals surface area (Å²) in [5.74, 6) is -0.316. The van der Waals surface area contributed by atoms with Gasteiger partial charge in [0.15, 0.2) is 6.29 Å². The maximum atomic E-state index is 12.1. The van der Waals surface area contributed by atoms with Crippen molar-refractivity contribution in [2.75, 3.05) is 19.8 Å². The lowest BCUT2D eigenvalue weighted by molar-refractivity contribution is -0.170. The van der Waals surface area contributed by atoms with Crippen molar-refractivity contribution in [2.24, 2.45) is 5.41 Å². The van der Waals surface area contributed by atoms with Crippen LogP contribution >= 0.6 is 0 Å². The Bertz CT molecular complexity index is 274. The van der Waals surface area contributed by atoms with Gasteiger partial charge in [-0.3, -0.25) is 4.79 Å². The van der Waals surface area contributed by atoms with Gasteiger partial charge in [-0.1, -0.05) is 0 Å². The molecule has 1 aliphatic heterocycles. The second kappa shape index (κ2) is 5.33. The predicted molar refractivity (Wildman–Crippen MR) is 59.2 cm³/mol. The Kier molecular flexibility index (Phi) is 4.01. The lowest BCUT2D eigenvalue weighted by Gasteiger charge is -2.31. The monoisotopic (exact) mass is 244 g/mol. The summed E-state index contributed by atoms with van der Waals surface area (Å²) in [7, 11) is 0. The Labute approximate surface area is 101 Å². The summed E-state index contributed by atoms with van der Waals surface area (Å²) in [5, 5.41) is 10.1. The van der Waals surface area contributed by atoms with Gasteiger partial charge in [0.2, 0.25) is 0 Å². The first-order valence-corrected chi connectivity index (χ1v) is 6.27. The van der Waals surface area contributed by atoms with Gasteiger partial charge in [-0.15, -0.1) is 0 Å². The third-order valence-electron chi connectivity index (χ3n) is 3.64. The van der Waals surface area contributed by atoms with Crippen LogP contribution in [0.15, 0.2) is 0 Å². The molecule has 1 heterocycles. The third kappa shape index (κ3) is 2.46. The number of esters is 1. The zero-order chi connectivity index (χ0) is 12.3. The zero-order valence-electron chi connectivity index (χ0n) is 10.2. The summed E-state index contributed by atoms with van der Waals surface area (Å²) < 4.78 is 15.9. The van der Waals surface area contributed by atoms with Crippen molar-refractivity contribution < 1.29 is 24.1 Å². The highest BCUT2D eigenvalue weighted by atomic mass is 16.7. The smallest absolute Gasteiger partial charge is 0.314 e. The van der Waals surface area contributed by atoms with Gasteiger partial charge in [-0.25, -0.2) is 0 Å². The van der Waals surface area contributed by atoms with E-state index >= 15 is 0 Å². The molecule has 0 amide bonds. The van der Waals surface area contributed by atoms with Crippen LogP contribution in [0.1, 0.15) is 32.6 Å². The highest BCUT2D eigenvalue weighted by molar-refractivity contribution is 5.78. The Morgan fingerprint density at radius 3 is 2.71 bits per heavy atom. The van der Waals surface area contributed by atoms with Crippen LogP contribution in [0, 0.1) is 5.41 Å². The molecule has 5 nitrogen and oxygen atoms in total. The van der Waals surface area contributed by atoms with Crippen molar-refractivity contribution in [3.05, 3.63) is 0 Å². The van der Waals surface area contributed by atoms with E-state index in [2.05, 4.69) is 0 Å². The predicted octanol–water partition coefficient (Wildman–Crippen LogP) is 0.844. The topological polar surface area (TPSA) is 65.0 Å². The number of carbonyl (C=O) groups excluding carboxylic acids is 1. The molecule has 1 saturated heterocycles. The van der Waals surface area contributed by atoms with Crippen molar-refractivity contribution in [3.63, 3.8) is 0 Å². The molecule has 1 N–H and O–H groups in total. The quantitative estimate of drug-likeness (QED) is 0.742. The minimum Gasteiger partial charge on any atom is -0.465 e. The van der Waals surface area contributed by atoms with E-state index in [1.165, 1.54) is 0 Å². The molecule has 0 aromatic carbocycles. The molecule has 0 spiro atoms. The van der Waals surface area contributed by atoms with Crippen LogP contribution in [0.2, 0.25) is 0 Å². The first-order chi connectivity index (χ1) is 8.19. The molecule has 0 radical (unpaired) electrons. The molecule has 2 rings (SSSR count). The molecule has 5 heteroatoms. The molecule has 2 fully saturated rings. The van der Waals surface area contributed by atoms with Gasteiger partial charge in [0.25, 0.3) is 0 Å². The van der Waals surface area contributed by atoms with Gasteiger partial charge in [-0.05, 0) is 26.2 Å². The molecule has 0 aromatic heterocycles. The minimum atomic E-state index is -0.828. The molecular weight excluding hydrogens is 224 g/mol. The van der Waals surface area contributed by atoms with E-state index in [9.17, 15) is 9.90 Å². The largest absolute Gasteiger partial charge is 0.465 e. The van der Waals surface area contributed by atoms with E-state index in [-0.39, 0.29) is 12.3 Å². The summed E-state index contributed by atoms with van der Waals surface area (Å²) in [5.41, 5.74) is -0.828. The van der Waals surface area contributed by atoms with E-state index in [1.807, 2.05) is 0 Å². The highest BCUT2D eigenvalue weighted by Gasteiger charge is 2.51. The fourth-order valence-corrected chi connectivity index (χ4v) is 2.71. The summed E-state index contributed by atoms with van der Waals surface area (Å²) in [6.07, 6.45) is 1.50. The Morgan fingerprint density at radius 2 is 2.18 bits per heavy atom. The van der Waals surface area contributed by atoms with Crippen LogP contribution in [0.3, 0.4) is 0 Å². The Hall–Kier alpha value is -0.650. The van der Waals surface area contributed by atoms with Gasteiger partial charge >= 0.3 is 5.97 Å². The molecule has 1 saturated carbocycles. The second-order valence-electron chi connectivity index (χ2n) is 4.66. The van der Waals surface area contributed by atoms with E-state index < -0.39 is 11.5 Å². The highest BCUT2D eigenvalue weighted by Crippen LogP contribution is 2.44. The van der Waals surface area contributed by atoms with Gasteiger partial charge in [0.1, 0.15) is 0 Å². The van der Waals surface area contributed by atoms with E-state index in [4.69, 9.17) is 14.2 Å². The average Bonchev–Trinajstić information content (AvgIpc) is 2.91. The molecule has 0 bridgehead atoms. The van der Waals surface area contributed by atoms with Crippen LogP contribution in [-0.2, 0) is 19.0 Å². The van der Waals surface area contributed by atoms with E-state index in [0.29, 0.717) is 39.1 Å². The van der Waals surface area contributed by atoms with E-state index in [1.54, 1.807) is 6.92 Å². The SMILES string of the molecule is CCOC(=O)[C@]1(CC2OCCO2)CCC[C@@H]1O. The van der Waals surface area contributed by atoms with Crippen LogP contribution in [0.25, 0.3) is 0 Å². The van der Waals surface area contributed by atoms with Gasteiger partial charge < -0.3 is 19.3 Å². The average molecular weight is 244 g/mol. The number of aliphatic hydroxyl groups excluding tert-OH is 1. The number of hydrogen-bond donors (Lipinski definition) is 1. The van der Waals surface area contributed by atoms with Crippen molar-refractivity contribution in [3.8, 4) is 0 Å². The summed E-state index contributed by atoms with van der Waals surface area (Å²) in [6.45, 7) is 3.22. The first-order valence-electron chi connectivity index (χ1n) is 6.27. The fraction of sp³-hybridized carbons (Fsp3) is 0.917. The molecule has 1 aliphatic carbocycles. The number of rotatable bonds is 4. The maximum absolute atomic E-state index is 12.1. The number of carbonyl (C=O) groups is 1. The molecular formula is C12H20O5. The van der Waals surface area contributed by atoms with Crippen LogP contribution in [-0.4, -0.2) is 43.3 Å². The lowest BCUT2D eigenvalue weighted by atomic mass is 9.80. The van der Waals surface area contributed by atoms with Gasteiger partial charge in [-0.2, -0.15) is 0 Å². The summed E-state index contributed by atoms with van der Waals surface area (Å²) >= 11 is 0. The van der Waals surface area contributed by atoms with Crippen LogP contribution in [0.4, 0.5) is 0 Å². The van der Waals surface area contributed by atoms with Crippen LogP contribution < -0.4 is 0 Å². The molecule has 2 aliphatic rings. The number of hydrogen-bond acceptors (Lipinski definition) is 5.